The molecular formula is C21H33N3O2. The minimum atomic E-state index is 0.321. The molecule has 1 amide bonds. The van der Waals surface area contributed by atoms with E-state index in [1.165, 1.54) is 12.8 Å². The average Bonchev–Trinajstić information content (AvgIpc) is 3.47. The summed E-state index contributed by atoms with van der Waals surface area (Å²) in [6, 6.07) is 10.5. The summed E-state index contributed by atoms with van der Waals surface area (Å²) in [7, 11) is 0. The molecule has 0 N–H and O–H groups in total. The molecule has 1 aliphatic heterocycles. The summed E-state index contributed by atoms with van der Waals surface area (Å²) in [5.74, 6) is 1.80. The number of ether oxygens (including phenoxy) is 1. The molecule has 1 heterocycles. The van der Waals surface area contributed by atoms with Gasteiger partial charge in [0.25, 0.3) is 0 Å². The zero-order chi connectivity index (χ0) is 18.4. The molecule has 1 saturated carbocycles. The number of hydrogen-bond acceptors (Lipinski definition) is 4. The highest BCUT2D eigenvalue weighted by molar-refractivity contribution is 5.79. The Morgan fingerprint density at radius 3 is 2.38 bits per heavy atom. The number of rotatable bonds is 9. The van der Waals surface area contributed by atoms with E-state index in [9.17, 15) is 4.79 Å². The van der Waals surface area contributed by atoms with Crippen LogP contribution >= 0.6 is 0 Å². The normalized spacial score (nSPS) is 18.9. The molecule has 26 heavy (non-hydrogen) atoms. The molecule has 3 rings (SSSR count). The summed E-state index contributed by atoms with van der Waals surface area (Å²) in [6.45, 7) is 11.5. The first kappa shape index (κ1) is 19.2. The molecule has 1 saturated heterocycles. The van der Waals surface area contributed by atoms with Gasteiger partial charge in [-0.2, -0.15) is 0 Å². The van der Waals surface area contributed by atoms with Crippen molar-refractivity contribution >= 4 is 5.91 Å². The molecule has 2 aliphatic rings. The largest absolute Gasteiger partial charge is 0.492 e. The van der Waals surface area contributed by atoms with Crippen molar-refractivity contribution in [2.24, 2.45) is 5.92 Å². The van der Waals surface area contributed by atoms with Gasteiger partial charge in [0.2, 0.25) is 5.91 Å². The highest BCUT2D eigenvalue weighted by atomic mass is 16.5. The SMILES string of the molecule is CC(C)CN(C(=O)CN1CCN(CCOc2ccccc2)CC1)C1CC1. The number of para-hydroxylation sites is 1. The maximum absolute atomic E-state index is 12.7. The summed E-state index contributed by atoms with van der Waals surface area (Å²) in [4.78, 5) is 19.6. The van der Waals surface area contributed by atoms with Gasteiger partial charge >= 0.3 is 0 Å². The van der Waals surface area contributed by atoms with Gasteiger partial charge in [0, 0.05) is 45.3 Å². The van der Waals surface area contributed by atoms with Crippen molar-refractivity contribution in [1.29, 1.82) is 0 Å². The molecule has 1 aromatic rings. The maximum atomic E-state index is 12.7. The number of benzene rings is 1. The van der Waals surface area contributed by atoms with Gasteiger partial charge in [-0.1, -0.05) is 32.0 Å². The second kappa shape index (κ2) is 9.38. The van der Waals surface area contributed by atoms with Crippen molar-refractivity contribution < 1.29 is 9.53 Å². The Kier molecular flexibility index (Phi) is 6.92. The van der Waals surface area contributed by atoms with Crippen molar-refractivity contribution in [2.45, 2.75) is 32.7 Å². The van der Waals surface area contributed by atoms with Crippen molar-refractivity contribution in [3.63, 3.8) is 0 Å². The van der Waals surface area contributed by atoms with E-state index in [2.05, 4.69) is 28.5 Å². The fourth-order valence-corrected chi connectivity index (χ4v) is 3.50. The molecule has 0 bridgehead atoms. The average molecular weight is 360 g/mol. The lowest BCUT2D eigenvalue weighted by molar-refractivity contribution is -0.134. The molecule has 0 aromatic heterocycles. The van der Waals surface area contributed by atoms with Crippen LogP contribution in [0.2, 0.25) is 0 Å². The van der Waals surface area contributed by atoms with Crippen molar-refractivity contribution in [2.75, 3.05) is 52.4 Å². The molecular weight excluding hydrogens is 326 g/mol. The first-order valence-corrected chi connectivity index (χ1v) is 10.0. The third-order valence-electron chi connectivity index (χ3n) is 5.11. The van der Waals surface area contributed by atoms with Crippen LogP contribution in [0.15, 0.2) is 30.3 Å². The lowest BCUT2D eigenvalue weighted by atomic mass is 10.2. The Morgan fingerprint density at radius 2 is 1.77 bits per heavy atom. The summed E-state index contributed by atoms with van der Waals surface area (Å²) >= 11 is 0. The highest BCUT2D eigenvalue weighted by Gasteiger charge is 2.33. The van der Waals surface area contributed by atoms with Gasteiger partial charge in [-0.15, -0.1) is 0 Å². The standard InChI is InChI=1S/C21H33N3O2/c1-18(2)16-24(19-8-9-19)21(25)17-23-12-10-22(11-13-23)14-15-26-20-6-4-3-5-7-20/h3-7,18-19H,8-17H2,1-2H3. The van der Waals surface area contributed by atoms with Gasteiger partial charge in [-0.05, 0) is 30.9 Å². The molecule has 0 spiro atoms. The van der Waals surface area contributed by atoms with Gasteiger partial charge in [0.05, 0.1) is 6.54 Å². The Morgan fingerprint density at radius 1 is 1.12 bits per heavy atom. The van der Waals surface area contributed by atoms with Crippen molar-refractivity contribution in [3.8, 4) is 5.75 Å². The molecule has 0 unspecified atom stereocenters. The number of amides is 1. The van der Waals surface area contributed by atoms with Crippen LogP contribution in [0.1, 0.15) is 26.7 Å². The first-order valence-electron chi connectivity index (χ1n) is 10.0. The van der Waals surface area contributed by atoms with Crippen molar-refractivity contribution in [1.82, 2.24) is 14.7 Å². The first-order chi connectivity index (χ1) is 12.6. The lowest BCUT2D eigenvalue weighted by Crippen LogP contribution is -2.51. The van der Waals surface area contributed by atoms with E-state index >= 15 is 0 Å². The monoisotopic (exact) mass is 359 g/mol. The number of nitrogens with zero attached hydrogens (tertiary/aromatic N) is 3. The smallest absolute Gasteiger partial charge is 0.237 e. The van der Waals surface area contributed by atoms with Crippen LogP contribution in [0.4, 0.5) is 0 Å². The topological polar surface area (TPSA) is 36.0 Å². The zero-order valence-electron chi connectivity index (χ0n) is 16.3. The van der Waals surface area contributed by atoms with Gasteiger partial charge < -0.3 is 9.64 Å². The fourth-order valence-electron chi connectivity index (χ4n) is 3.50. The maximum Gasteiger partial charge on any atom is 0.237 e. The van der Waals surface area contributed by atoms with E-state index in [4.69, 9.17) is 4.74 Å². The highest BCUT2D eigenvalue weighted by Crippen LogP contribution is 2.27. The molecule has 5 heteroatoms. The van der Waals surface area contributed by atoms with Crippen LogP contribution in [-0.2, 0) is 4.79 Å². The van der Waals surface area contributed by atoms with Crippen LogP contribution in [0.5, 0.6) is 5.75 Å². The fraction of sp³-hybridized carbons (Fsp3) is 0.667. The molecule has 1 aliphatic carbocycles. The number of carbonyl (C=O) groups is 1. The minimum absolute atomic E-state index is 0.321. The van der Waals surface area contributed by atoms with Crippen LogP contribution in [-0.4, -0.2) is 79.1 Å². The van der Waals surface area contributed by atoms with Crippen LogP contribution in [0, 0.1) is 5.92 Å². The van der Waals surface area contributed by atoms with E-state index in [-0.39, 0.29) is 0 Å². The minimum Gasteiger partial charge on any atom is -0.492 e. The summed E-state index contributed by atoms with van der Waals surface area (Å²) in [5.41, 5.74) is 0. The Balaban J connectivity index is 1.34. The van der Waals surface area contributed by atoms with E-state index in [1.807, 2.05) is 30.3 Å². The second-order valence-electron chi connectivity index (χ2n) is 7.95. The Bertz CT molecular complexity index is 552. The van der Waals surface area contributed by atoms with Gasteiger partial charge in [0.15, 0.2) is 0 Å². The summed E-state index contributed by atoms with van der Waals surface area (Å²) < 4.78 is 5.79. The molecule has 1 aromatic carbocycles. The lowest BCUT2D eigenvalue weighted by Gasteiger charge is -2.35. The van der Waals surface area contributed by atoms with Crippen LogP contribution < -0.4 is 4.74 Å². The van der Waals surface area contributed by atoms with Crippen LogP contribution in [0.25, 0.3) is 0 Å². The molecule has 0 radical (unpaired) electrons. The van der Waals surface area contributed by atoms with Gasteiger partial charge in [0.1, 0.15) is 12.4 Å². The van der Waals surface area contributed by atoms with E-state index < -0.39 is 0 Å². The van der Waals surface area contributed by atoms with E-state index in [0.717, 1.165) is 45.0 Å². The second-order valence-corrected chi connectivity index (χ2v) is 7.95. The van der Waals surface area contributed by atoms with Crippen molar-refractivity contribution in [3.05, 3.63) is 30.3 Å². The number of piperazine rings is 1. The van der Waals surface area contributed by atoms with Crippen LogP contribution in [0.3, 0.4) is 0 Å². The Hall–Kier alpha value is -1.59. The van der Waals surface area contributed by atoms with E-state index in [1.54, 1.807) is 0 Å². The predicted octanol–water partition coefficient (Wildman–Crippen LogP) is 2.33. The van der Waals surface area contributed by atoms with Gasteiger partial charge in [-0.25, -0.2) is 0 Å². The summed E-state index contributed by atoms with van der Waals surface area (Å²) in [6.07, 6.45) is 2.38. The predicted molar refractivity (Wildman–Crippen MR) is 104 cm³/mol. The van der Waals surface area contributed by atoms with E-state index in [0.29, 0.717) is 31.0 Å². The molecule has 144 valence electrons. The third kappa shape index (κ3) is 5.99. The quantitative estimate of drug-likeness (QED) is 0.678. The van der Waals surface area contributed by atoms with Gasteiger partial charge in [-0.3, -0.25) is 14.6 Å². The molecule has 2 fully saturated rings. The Labute approximate surface area is 157 Å². The molecule has 0 atom stereocenters. The number of hydrogen-bond donors (Lipinski definition) is 0. The summed E-state index contributed by atoms with van der Waals surface area (Å²) in [5, 5.41) is 0. The number of carbonyl (C=O) groups excluding carboxylic acids is 1. The molecule has 5 nitrogen and oxygen atoms in total. The zero-order valence-corrected chi connectivity index (χ0v) is 16.3. The third-order valence-corrected chi connectivity index (χ3v) is 5.11.